The minimum absolute atomic E-state index is 0.156. The zero-order valence-corrected chi connectivity index (χ0v) is 19.7. The van der Waals surface area contributed by atoms with E-state index >= 15 is 0 Å². The van der Waals surface area contributed by atoms with Crippen LogP contribution in [-0.4, -0.2) is 58.6 Å². The van der Waals surface area contributed by atoms with Gasteiger partial charge in [0, 0.05) is 43.5 Å². The first-order chi connectivity index (χ1) is 16.0. The predicted molar refractivity (Wildman–Crippen MR) is 127 cm³/mol. The summed E-state index contributed by atoms with van der Waals surface area (Å²) in [5.74, 6) is 0.507. The van der Waals surface area contributed by atoms with E-state index in [2.05, 4.69) is 14.9 Å². The van der Waals surface area contributed by atoms with Gasteiger partial charge in [0.15, 0.2) is 0 Å². The molecule has 1 unspecified atom stereocenters. The van der Waals surface area contributed by atoms with Crippen LogP contribution in [0.3, 0.4) is 0 Å². The second-order valence-electron chi connectivity index (χ2n) is 8.40. The number of carbonyl (C=O) groups is 1. The topological polar surface area (TPSA) is 67.8 Å². The molecule has 9 heteroatoms. The lowest BCUT2D eigenvalue weighted by atomic mass is 10.0. The number of hydrogen-bond donors (Lipinski definition) is 0. The number of hydrogen-bond acceptors (Lipinski definition) is 6. The second-order valence-corrected chi connectivity index (χ2v) is 9.22. The number of carbonyl (C=O) groups excluding carboxylic acids is 1. The fraction of sp³-hybridized carbons (Fsp3) is 0.375. The third kappa shape index (κ3) is 4.58. The molecule has 4 heterocycles. The van der Waals surface area contributed by atoms with Crippen molar-refractivity contribution in [1.29, 1.82) is 0 Å². The van der Waals surface area contributed by atoms with Gasteiger partial charge >= 0.3 is 6.09 Å². The third-order valence-corrected chi connectivity index (χ3v) is 7.11. The van der Waals surface area contributed by atoms with Crippen molar-refractivity contribution in [3.05, 3.63) is 63.8 Å². The summed E-state index contributed by atoms with van der Waals surface area (Å²) >= 11 is 12.2. The van der Waals surface area contributed by atoms with Gasteiger partial charge in [0.1, 0.15) is 6.10 Å². The molecule has 3 aromatic rings. The first kappa shape index (κ1) is 22.2. The zero-order chi connectivity index (χ0) is 22.9. The first-order valence-electron chi connectivity index (χ1n) is 10.9. The van der Waals surface area contributed by atoms with Crippen LogP contribution < -0.4 is 4.74 Å². The molecule has 172 valence electrons. The van der Waals surface area contributed by atoms with Crippen LogP contribution in [0.1, 0.15) is 30.1 Å². The molecule has 0 spiro atoms. The molecule has 2 fully saturated rings. The van der Waals surface area contributed by atoms with Crippen molar-refractivity contribution in [2.24, 2.45) is 0 Å². The molecule has 1 amide bonds. The van der Waals surface area contributed by atoms with E-state index in [-0.39, 0.29) is 18.2 Å². The minimum atomic E-state index is -0.378. The summed E-state index contributed by atoms with van der Waals surface area (Å²) < 4.78 is 11.0. The molecule has 1 atom stereocenters. The number of ether oxygens (including phenoxy) is 2. The normalized spacial score (nSPS) is 19.8. The number of likely N-dealkylation sites (tertiary alicyclic amines) is 1. The van der Waals surface area contributed by atoms with E-state index < -0.39 is 0 Å². The standard InChI is InChI=1S/C24H24Cl2N4O3/c1-32-22-5-4-20-23(28-22)17(6-9-27-20)21-14-30(24(31)33-21)16-7-10-29(11-8-16)13-15-2-3-18(25)19(26)12-15/h2-6,9,12,16,21H,7-8,10-11,13-14H2,1H3. The van der Waals surface area contributed by atoms with E-state index in [4.69, 9.17) is 32.7 Å². The summed E-state index contributed by atoms with van der Waals surface area (Å²) in [5, 5.41) is 1.14. The van der Waals surface area contributed by atoms with Crippen molar-refractivity contribution in [1.82, 2.24) is 19.8 Å². The smallest absolute Gasteiger partial charge is 0.410 e. The quantitative estimate of drug-likeness (QED) is 0.499. The van der Waals surface area contributed by atoms with Gasteiger partial charge in [-0.15, -0.1) is 0 Å². The molecular formula is C24H24Cl2N4O3. The van der Waals surface area contributed by atoms with Gasteiger partial charge in [0.25, 0.3) is 0 Å². The first-order valence-corrected chi connectivity index (χ1v) is 11.7. The number of methoxy groups -OCH3 is 1. The van der Waals surface area contributed by atoms with Crippen molar-refractivity contribution in [2.45, 2.75) is 31.5 Å². The highest BCUT2D eigenvalue weighted by molar-refractivity contribution is 6.42. The Morgan fingerprint density at radius 1 is 1.12 bits per heavy atom. The number of fused-ring (bicyclic) bond motifs is 1. The molecule has 33 heavy (non-hydrogen) atoms. The van der Waals surface area contributed by atoms with Crippen LogP contribution in [-0.2, 0) is 11.3 Å². The lowest BCUT2D eigenvalue weighted by Gasteiger charge is -2.35. The molecule has 2 aliphatic heterocycles. The minimum Gasteiger partial charge on any atom is -0.481 e. The third-order valence-electron chi connectivity index (χ3n) is 6.37. The van der Waals surface area contributed by atoms with E-state index in [1.807, 2.05) is 35.2 Å². The molecule has 2 aliphatic rings. The van der Waals surface area contributed by atoms with Crippen molar-refractivity contribution >= 4 is 40.3 Å². The molecule has 0 N–H and O–H groups in total. The molecule has 0 bridgehead atoms. The molecule has 0 aliphatic carbocycles. The van der Waals surface area contributed by atoms with Crippen LogP contribution in [0.15, 0.2) is 42.6 Å². The molecular weight excluding hydrogens is 463 g/mol. The van der Waals surface area contributed by atoms with Crippen LogP contribution >= 0.6 is 23.2 Å². The summed E-state index contributed by atoms with van der Waals surface area (Å²) in [6.07, 6.45) is 2.87. The lowest BCUT2D eigenvalue weighted by molar-refractivity contribution is 0.110. The van der Waals surface area contributed by atoms with Crippen molar-refractivity contribution < 1.29 is 14.3 Å². The number of cyclic esters (lactones) is 1. The number of rotatable bonds is 5. The summed E-state index contributed by atoms with van der Waals surface area (Å²) in [4.78, 5) is 25.9. The van der Waals surface area contributed by atoms with E-state index in [9.17, 15) is 4.79 Å². The number of piperidine rings is 1. The van der Waals surface area contributed by atoms with Crippen LogP contribution in [0.5, 0.6) is 5.88 Å². The molecule has 0 radical (unpaired) electrons. The average molecular weight is 487 g/mol. The Morgan fingerprint density at radius 3 is 2.70 bits per heavy atom. The Balaban J connectivity index is 1.25. The maximum Gasteiger partial charge on any atom is 0.410 e. The van der Waals surface area contributed by atoms with Crippen LogP contribution in [0, 0.1) is 0 Å². The Morgan fingerprint density at radius 2 is 1.94 bits per heavy atom. The highest BCUT2D eigenvalue weighted by atomic mass is 35.5. The molecule has 0 saturated carbocycles. The summed E-state index contributed by atoms with van der Waals surface area (Å²) in [6.45, 7) is 3.12. The summed E-state index contributed by atoms with van der Waals surface area (Å²) in [6, 6.07) is 11.4. The van der Waals surface area contributed by atoms with Gasteiger partial charge < -0.3 is 14.4 Å². The fourth-order valence-electron chi connectivity index (χ4n) is 4.63. The van der Waals surface area contributed by atoms with Crippen molar-refractivity contribution in [3.8, 4) is 5.88 Å². The van der Waals surface area contributed by atoms with Crippen LogP contribution in [0.2, 0.25) is 10.0 Å². The molecule has 7 nitrogen and oxygen atoms in total. The van der Waals surface area contributed by atoms with E-state index in [0.717, 1.165) is 49.1 Å². The number of aromatic nitrogens is 2. The molecule has 5 rings (SSSR count). The number of halogens is 2. The highest BCUT2D eigenvalue weighted by Crippen LogP contribution is 2.34. The largest absolute Gasteiger partial charge is 0.481 e. The van der Waals surface area contributed by atoms with Gasteiger partial charge in [-0.1, -0.05) is 29.3 Å². The van der Waals surface area contributed by atoms with E-state index in [0.29, 0.717) is 28.0 Å². The maximum absolute atomic E-state index is 12.8. The van der Waals surface area contributed by atoms with Gasteiger partial charge in [-0.3, -0.25) is 9.88 Å². The molecule has 2 saturated heterocycles. The Kier molecular flexibility index (Phi) is 6.27. The zero-order valence-electron chi connectivity index (χ0n) is 18.2. The second kappa shape index (κ2) is 9.33. The van der Waals surface area contributed by atoms with Gasteiger partial charge in [-0.25, -0.2) is 9.78 Å². The average Bonchev–Trinajstić information content (AvgIpc) is 3.22. The van der Waals surface area contributed by atoms with E-state index in [1.165, 1.54) is 0 Å². The number of amides is 1. The van der Waals surface area contributed by atoms with Crippen LogP contribution in [0.25, 0.3) is 11.0 Å². The van der Waals surface area contributed by atoms with Crippen molar-refractivity contribution in [3.63, 3.8) is 0 Å². The number of nitrogens with zero attached hydrogens (tertiary/aromatic N) is 4. The van der Waals surface area contributed by atoms with Crippen LogP contribution in [0.4, 0.5) is 4.79 Å². The lowest BCUT2D eigenvalue weighted by Crippen LogP contribution is -2.45. The molecule has 2 aromatic heterocycles. The van der Waals surface area contributed by atoms with Crippen molar-refractivity contribution in [2.75, 3.05) is 26.7 Å². The monoisotopic (exact) mass is 486 g/mol. The Bertz CT molecular complexity index is 1180. The highest BCUT2D eigenvalue weighted by Gasteiger charge is 2.39. The molecule has 1 aromatic carbocycles. The Labute approximate surface area is 202 Å². The Hall–Kier alpha value is -2.61. The summed E-state index contributed by atoms with van der Waals surface area (Å²) in [5.41, 5.74) is 3.44. The SMILES string of the molecule is COc1ccc2nccc(C3CN(C4CCN(Cc5ccc(Cl)c(Cl)c5)CC4)C(=O)O3)c2n1. The van der Waals surface area contributed by atoms with Gasteiger partial charge in [0.2, 0.25) is 5.88 Å². The fourth-order valence-corrected chi connectivity index (χ4v) is 4.95. The maximum atomic E-state index is 12.8. The number of benzene rings is 1. The predicted octanol–water partition coefficient (Wildman–Crippen LogP) is 5.10. The summed E-state index contributed by atoms with van der Waals surface area (Å²) in [7, 11) is 1.58. The van der Waals surface area contributed by atoms with Gasteiger partial charge in [-0.2, -0.15) is 0 Å². The van der Waals surface area contributed by atoms with Gasteiger partial charge in [-0.05, 0) is 42.7 Å². The number of pyridine rings is 2. The van der Waals surface area contributed by atoms with E-state index in [1.54, 1.807) is 19.4 Å². The van der Waals surface area contributed by atoms with Gasteiger partial charge in [0.05, 0.1) is 34.7 Å².